The second-order valence-electron chi connectivity index (χ2n) is 3.77. The Balaban J connectivity index is 2.43. The molecule has 1 unspecified atom stereocenters. The lowest BCUT2D eigenvalue weighted by Crippen LogP contribution is -2.05. The smallest absolute Gasteiger partial charge is 0.0459 e. The van der Waals surface area contributed by atoms with E-state index in [2.05, 4.69) is 4.98 Å². The number of hydrogen-bond acceptors (Lipinski definition) is 2. The van der Waals surface area contributed by atoms with Crippen LogP contribution in [0, 0.1) is 0 Å². The summed E-state index contributed by atoms with van der Waals surface area (Å²) in [6.07, 6.45) is 3.57. The van der Waals surface area contributed by atoms with Crippen molar-refractivity contribution in [3.63, 3.8) is 0 Å². The summed E-state index contributed by atoms with van der Waals surface area (Å²) in [4.78, 5) is 4.08. The van der Waals surface area contributed by atoms with E-state index in [0.717, 1.165) is 16.7 Å². The van der Waals surface area contributed by atoms with Gasteiger partial charge in [-0.05, 0) is 30.2 Å². The molecule has 0 radical (unpaired) electrons. The van der Waals surface area contributed by atoms with Crippen LogP contribution in [0.3, 0.4) is 0 Å². The molecule has 3 heteroatoms. The summed E-state index contributed by atoms with van der Waals surface area (Å²) in [5.74, 6) is 0. The number of hydrogen-bond donors (Lipinski definition) is 1. The van der Waals surface area contributed by atoms with Gasteiger partial charge in [-0.15, -0.1) is 0 Å². The summed E-state index contributed by atoms with van der Waals surface area (Å²) in [5.41, 5.74) is 8.89. The van der Waals surface area contributed by atoms with Gasteiger partial charge in [0.25, 0.3) is 0 Å². The summed E-state index contributed by atoms with van der Waals surface area (Å²) in [6.45, 7) is 1.92. The van der Waals surface area contributed by atoms with E-state index in [1.807, 2.05) is 43.5 Å². The third-order valence-electron chi connectivity index (χ3n) is 2.49. The van der Waals surface area contributed by atoms with Crippen molar-refractivity contribution in [1.82, 2.24) is 4.98 Å². The highest BCUT2D eigenvalue weighted by Crippen LogP contribution is 2.27. The topological polar surface area (TPSA) is 38.9 Å². The lowest BCUT2D eigenvalue weighted by Gasteiger charge is -2.09. The van der Waals surface area contributed by atoms with E-state index in [-0.39, 0.29) is 6.04 Å². The molecule has 0 spiro atoms. The maximum atomic E-state index is 6.17. The summed E-state index contributed by atoms with van der Waals surface area (Å²) >= 11 is 6.17. The maximum Gasteiger partial charge on any atom is 0.0459 e. The molecular formula is C13H13ClN2. The van der Waals surface area contributed by atoms with Crippen molar-refractivity contribution in [2.24, 2.45) is 5.73 Å². The molecule has 0 saturated carbocycles. The quantitative estimate of drug-likeness (QED) is 0.862. The van der Waals surface area contributed by atoms with Gasteiger partial charge in [0.15, 0.2) is 0 Å². The zero-order valence-corrected chi connectivity index (χ0v) is 9.78. The average Bonchev–Trinajstić information content (AvgIpc) is 2.29. The Hall–Kier alpha value is -1.38. The van der Waals surface area contributed by atoms with Gasteiger partial charge in [-0.3, -0.25) is 4.98 Å². The predicted molar refractivity (Wildman–Crippen MR) is 67.3 cm³/mol. The van der Waals surface area contributed by atoms with E-state index in [9.17, 15) is 0 Å². The average molecular weight is 233 g/mol. The van der Waals surface area contributed by atoms with Crippen LogP contribution in [-0.2, 0) is 0 Å². The Labute approximate surface area is 100 Å². The fourth-order valence-corrected chi connectivity index (χ4v) is 1.96. The molecule has 0 amide bonds. The number of nitrogens with two attached hydrogens (primary N) is 1. The molecular weight excluding hydrogens is 220 g/mol. The van der Waals surface area contributed by atoms with Gasteiger partial charge in [-0.1, -0.05) is 29.8 Å². The first-order valence-corrected chi connectivity index (χ1v) is 5.51. The lowest BCUT2D eigenvalue weighted by molar-refractivity contribution is 0.819. The van der Waals surface area contributed by atoms with E-state index < -0.39 is 0 Å². The molecule has 0 aliphatic heterocycles. The molecule has 0 aliphatic carbocycles. The van der Waals surface area contributed by atoms with Crippen LogP contribution in [0.1, 0.15) is 18.5 Å². The fraction of sp³-hybridized carbons (Fsp3) is 0.154. The normalized spacial score (nSPS) is 12.4. The summed E-state index contributed by atoms with van der Waals surface area (Å²) < 4.78 is 0. The number of rotatable bonds is 2. The molecule has 0 fully saturated rings. The second kappa shape index (κ2) is 4.64. The van der Waals surface area contributed by atoms with Gasteiger partial charge in [-0.2, -0.15) is 0 Å². The Bertz CT molecular complexity index is 481. The van der Waals surface area contributed by atoms with Crippen LogP contribution in [0.4, 0.5) is 0 Å². The SMILES string of the molecule is CC(N)c1ccc(-c2cccnc2)cc1Cl. The van der Waals surface area contributed by atoms with Gasteiger partial charge < -0.3 is 5.73 Å². The highest BCUT2D eigenvalue weighted by molar-refractivity contribution is 6.31. The van der Waals surface area contributed by atoms with Crippen molar-refractivity contribution in [2.75, 3.05) is 0 Å². The summed E-state index contributed by atoms with van der Waals surface area (Å²) in [5, 5.41) is 0.705. The van der Waals surface area contributed by atoms with Gasteiger partial charge in [0.1, 0.15) is 0 Å². The van der Waals surface area contributed by atoms with Crippen LogP contribution < -0.4 is 5.73 Å². The fourth-order valence-electron chi connectivity index (χ4n) is 1.61. The first kappa shape index (κ1) is 11.1. The van der Waals surface area contributed by atoms with E-state index >= 15 is 0 Å². The summed E-state index contributed by atoms with van der Waals surface area (Å²) in [6, 6.07) is 9.77. The van der Waals surface area contributed by atoms with Gasteiger partial charge in [0.05, 0.1) is 0 Å². The molecule has 0 aliphatic rings. The molecule has 16 heavy (non-hydrogen) atoms. The lowest BCUT2D eigenvalue weighted by atomic mass is 10.0. The molecule has 2 nitrogen and oxygen atoms in total. The van der Waals surface area contributed by atoms with Crippen LogP contribution >= 0.6 is 11.6 Å². The molecule has 82 valence electrons. The van der Waals surface area contributed by atoms with Gasteiger partial charge in [0, 0.05) is 29.0 Å². The van der Waals surface area contributed by atoms with E-state index in [0.29, 0.717) is 5.02 Å². The van der Waals surface area contributed by atoms with Crippen LogP contribution in [0.5, 0.6) is 0 Å². The molecule has 0 bridgehead atoms. The van der Waals surface area contributed by atoms with E-state index in [1.165, 1.54) is 0 Å². The largest absolute Gasteiger partial charge is 0.324 e. The van der Waals surface area contributed by atoms with Crippen LogP contribution in [0.15, 0.2) is 42.7 Å². The van der Waals surface area contributed by atoms with Crippen molar-refractivity contribution in [1.29, 1.82) is 0 Å². The first-order chi connectivity index (χ1) is 7.68. The van der Waals surface area contributed by atoms with Crippen molar-refractivity contribution < 1.29 is 0 Å². The number of nitrogens with zero attached hydrogens (tertiary/aromatic N) is 1. The minimum Gasteiger partial charge on any atom is -0.324 e. The Morgan fingerprint density at radius 2 is 2.06 bits per heavy atom. The molecule has 1 aromatic heterocycles. The zero-order valence-electron chi connectivity index (χ0n) is 9.02. The Kier molecular flexibility index (Phi) is 3.22. The minimum atomic E-state index is -0.0459. The highest BCUT2D eigenvalue weighted by Gasteiger charge is 2.06. The molecule has 0 saturated heterocycles. The van der Waals surface area contributed by atoms with Gasteiger partial charge in [0.2, 0.25) is 0 Å². The van der Waals surface area contributed by atoms with Crippen molar-refractivity contribution in [3.05, 3.63) is 53.3 Å². The van der Waals surface area contributed by atoms with Crippen molar-refractivity contribution >= 4 is 11.6 Å². The number of aromatic nitrogens is 1. The van der Waals surface area contributed by atoms with Crippen LogP contribution in [0.2, 0.25) is 5.02 Å². The third-order valence-corrected chi connectivity index (χ3v) is 2.81. The maximum absolute atomic E-state index is 6.17. The first-order valence-electron chi connectivity index (χ1n) is 5.14. The third kappa shape index (κ3) is 2.23. The highest BCUT2D eigenvalue weighted by atomic mass is 35.5. The molecule has 1 atom stereocenters. The van der Waals surface area contributed by atoms with E-state index in [1.54, 1.807) is 6.20 Å². The van der Waals surface area contributed by atoms with Crippen molar-refractivity contribution in [2.45, 2.75) is 13.0 Å². The van der Waals surface area contributed by atoms with Crippen molar-refractivity contribution in [3.8, 4) is 11.1 Å². The Morgan fingerprint density at radius 3 is 2.62 bits per heavy atom. The second-order valence-corrected chi connectivity index (χ2v) is 4.17. The number of halogens is 1. The molecule has 2 aromatic rings. The van der Waals surface area contributed by atoms with Gasteiger partial charge >= 0.3 is 0 Å². The standard InChI is InChI=1S/C13H13ClN2/c1-9(15)12-5-4-10(7-13(12)14)11-3-2-6-16-8-11/h2-9H,15H2,1H3. The van der Waals surface area contributed by atoms with Gasteiger partial charge in [-0.25, -0.2) is 0 Å². The molecule has 1 heterocycles. The van der Waals surface area contributed by atoms with Crippen LogP contribution in [0.25, 0.3) is 11.1 Å². The zero-order chi connectivity index (χ0) is 11.5. The molecule has 1 aromatic carbocycles. The van der Waals surface area contributed by atoms with Crippen LogP contribution in [-0.4, -0.2) is 4.98 Å². The summed E-state index contributed by atoms with van der Waals surface area (Å²) in [7, 11) is 0. The molecule has 2 N–H and O–H groups in total. The predicted octanol–water partition coefficient (Wildman–Crippen LogP) is 3.42. The number of benzene rings is 1. The monoisotopic (exact) mass is 232 g/mol. The Morgan fingerprint density at radius 1 is 1.25 bits per heavy atom. The number of pyridine rings is 1. The molecule has 2 rings (SSSR count). The minimum absolute atomic E-state index is 0.0459. The van der Waals surface area contributed by atoms with E-state index in [4.69, 9.17) is 17.3 Å².